The van der Waals surface area contributed by atoms with Gasteiger partial charge in [-0.25, -0.2) is 0 Å². The van der Waals surface area contributed by atoms with E-state index in [9.17, 15) is 14.7 Å². The highest BCUT2D eigenvalue weighted by Crippen LogP contribution is 2.26. The molecule has 1 aromatic rings. The summed E-state index contributed by atoms with van der Waals surface area (Å²) in [5.74, 6) is 0.606. The lowest BCUT2D eigenvalue weighted by molar-refractivity contribution is -0.140. The van der Waals surface area contributed by atoms with Crippen LogP contribution < -0.4 is 4.74 Å². The van der Waals surface area contributed by atoms with Crippen LogP contribution in [-0.2, 0) is 9.59 Å². The molecule has 1 fully saturated rings. The minimum absolute atomic E-state index is 0.00150. The van der Waals surface area contributed by atoms with Gasteiger partial charge in [0.1, 0.15) is 18.5 Å². The summed E-state index contributed by atoms with van der Waals surface area (Å²) in [5, 5.41) is 9.96. The van der Waals surface area contributed by atoms with Gasteiger partial charge in [-0.2, -0.15) is 0 Å². The molecule has 114 valence electrons. The lowest BCUT2D eigenvalue weighted by atomic mass is 10.0. The van der Waals surface area contributed by atoms with Crippen molar-refractivity contribution in [3.63, 3.8) is 0 Å². The molecule has 1 aliphatic rings. The van der Waals surface area contributed by atoms with Gasteiger partial charge in [0, 0.05) is 12.8 Å². The van der Waals surface area contributed by atoms with Crippen LogP contribution in [0.25, 0.3) is 0 Å². The summed E-state index contributed by atoms with van der Waals surface area (Å²) in [6.07, 6.45) is -0.401. The Kier molecular flexibility index (Phi) is 4.96. The van der Waals surface area contributed by atoms with Crippen LogP contribution in [0.3, 0.4) is 0 Å². The van der Waals surface area contributed by atoms with E-state index in [4.69, 9.17) is 4.74 Å². The second-order valence-corrected chi connectivity index (χ2v) is 5.56. The van der Waals surface area contributed by atoms with E-state index >= 15 is 0 Å². The summed E-state index contributed by atoms with van der Waals surface area (Å²) in [6, 6.07) is 7.66. The number of benzene rings is 1. The standard InChI is InChI=1S/C16H21NO4/c1-11(2)13-5-3-4-6-14(13)21-10-12(18)9-17-15(19)7-8-16(17)20/h3-6,11-12,18H,7-10H2,1-2H3. The molecule has 1 heterocycles. The van der Waals surface area contributed by atoms with Crippen LogP contribution in [0.2, 0.25) is 0 Å². The van der Waals surface area contributed by atoms with Crippen LogP contribution in [-0.4, -0.2) is 41.1 Å². The number of hydrogen-bond acceptors (Lipinski definition) is 4. The van der Waals surface area contributed by atoms with Gasteiger partial charge in [0.2, 0.25) is 11.8 Å². The SMILES string of the molecule is CC(C)c1ccccc1OCC(O)CN1C(=O)CCC1=O. The van der Waals surface area contributed by atoms with E-state index in [1.54, 1.807) is 0 Å². The molecule has 2 amide bonds. The Labute approximate surface area is 124 Å². The number of likely N-dealkylation sites (tertiary alicyclic amines) is 1. The summed E-state index contributed by atoms with van der Waals surface area (Å²) in [4.78, 5) is 24.1. The Morgan fingerprint density at radius 1 is 1.19 bits per heavy atom. The fourth-order valence-corrected chi connectivity index (χ4v) is 2.36. The molecule has 1 saturated heterocycles. The molecule has 1 aromatic carbocycles. The Morgan fingerprint density at radius 2 is 1.81 bits per heavy atom. The second kappa shape index (κ2) is 6.72. The molecule has 1 unspecified atom stereocenters. The molecule has 0 aromatic heterocycles. The van der Waals surface area contributed by atoms with Crippen molar-refractivity contribution in [1.82, 2.24) is 4.90 Å². The number of amides is 2. The molecule has 1 aliphatic heterocycles. The van der Waals surface area contributed by atoms with E-state index < -0.39 is 6.10 Å². The van der Waals surface area contributed by atoms with Gasteiger partial charge >= 0.3 is 0 Å². The topological polar surface area (TPSA) is 66.8 Å². The van der Waals surface area contributed by atoms with Crippen LogP contribution >= 0.6 is 0 Å². The number of carbonyl (C=O) groups excluding carboxylic acids is 2. The highest BCUT2D eigenvalue weighted by molar-refractivity contribution is 6.01. The number of ether oxygens (including phenoxy) is 1. The molecule has 5 nitrogen and oxygen atoms in total. The Morgan fingerprint density at radius 3 is 2.43 bits per heavy atom. The lowest BCUT2D eigenvalue weighted by Gasteiger charge is -2.20. The van der Waals surface area contributed by atoms with Crippen molar-refractivity contribution in [1.29, 1.82) is 0 Å². The van der Waals surface area contributed by atoms with E-state index in [0.717, 1.165) is 16.2 Å². The first-order valence-electron chi connectivity index (χ1n) is 7.22. The molecule has 0 spiro atoms. The number of nitrogens with zero attached hydrogens (tertiary/aromatic N) is 1. The smallest absolute Gasteiger partial charge is 0.229 e. The van der Waals surface area contributed by atoms with Crippen LogP contribution in [0.5, 0.6) is 5.75 Å². The zero-order valence-corrected chi connectivity index (χ0v) is 12.4. The van der Waals surface area contributed by atoms with Crippen LogP contribution in [0, 0.1) is 0 Å². The van der Waals surface area contributed by atoms with E-state index in [0.29, 0.717) is 5.92 Å². The quantitative estimate of drug-likeness (QED) is 0.810. The Balaban J connectivity index is 1.91. The third-order valence-electron chi connectivity index (χ3n) is 3.52. The molecular weight excluding hydrogens is 270 g/mol. The number of rotatable bonds is 6. The highest BCUT2D eigenvalue weighted by Gasteiger charge is 2.30. The summed E-state index contributed by atoms with van der Waals surface area (Å²) < 4.78 is 5.64. The number of β-amino-alcohol motifs (C(OH)–C–C–N with tert-alkyl or cyclic N) is 1. The number of para-hydroxylation sites is 1. The van der Waals surface area contributed by atoms with Gasteiger partial charge in [0.15, 0.2) is 0 Å². The van der Waals surface area contributed by atoms with Crippen molar-refractivity contribution < 1.29 is 19.4 Å². The monoisotopic (exact) mass is 291 g/mol. The molecule has 0 saturated carbocycles. The first-order chi connectivity index (χ1) is 9.99. The average molecular weight is 291 g/mol. The number of aliphatic hydroxyl groups is 1. The third kappa shape index (κ3) is 3.82. The third-order valence-corrected chi connectivity index (χ3v) is 3.52. The summed E-state index contributed by atoms with van der Waals surface area (Å²) in [5.41, 5.74) is 1.07. The number of aliphatic hydroxyl groups excluding tert-OH is 1. The predicted octanol–water partition coefficient (Wildman–Crippen LogP) is 1.70. The van der Waals surface area contributed by atoms with Gasteiger partial charge in [-0.05, 0) is 17.5 Å². The summed E-state index contributed by atoms with van der Waals surface area (Å²) >= 11 is 0. The molecular formula is C16H21NO4. The summed E-state index contributed by atoms with van der Waals surface area (Å²) in [6.45, 7) is 4.20. The van der Waals surface area contributed by atoms with Gasteiger partial charge < -0.3 is 9.84 Å². The van der Waals surface area contributed by atoms with Crippen molar-refractivity contribution in [3.05, 3.63) is 29.8 Å². The second-order valence-electron chi connectivity index (χ2n) is 5.56. The Hall–Kier alpha value is -1.88. The van der Waals surface area contributed by atoms with Crippen LogP contribution in [0.1, 0.15) is 38.2 Å². The van der Waals surface area contributed by atoms with E-state index in [1.165, 1.54) is 0 Å². The lowest BCUT2D eigenvalue weighted by Crippen LogP contribution is -2.38. The van der Waals surface area contributed by atoms with Gasteiger partial charge in [-0.3, -0.25) is 14.5 Å². The van der Waals surface area contributed by atoms with Crippen molar-refractivity contribution >= 4 is 11.8 Å². The summed E-state index contributed by atoms with van der Waals surface area (Å²) in [7, 11) is 0. The fourth-order valence-electron chi connectivity index (χ4n) is 2.36. The maximum atomic E-state index is 11.5. The molecule has 0 radical (unpaired) electrons. The predicted molar refractivity (Wildman–Crippen MR) is 78.0 cm³/mol. The maximum Gasteiger partial charge on any atom is 0.229 e. The normalized spacial score (nSPS) is 16.7. The highest BCUT2D eigenvalue weighted by atomic mass is 16.5. The van der Waals surface area contributed by atoms with Crippen molar-refractivity contribution in [2.75, 3.05) is 13.2 Å². The van der Waals surface area contributed by atoms with E-state index in [1.807, 2.05) is 24.3 Å². The molecule has 2 rings (SSSR count). The minimum Gasteiger partial charge on any atom is -0.491 e. The Bertz CT molecular complexity index is 511. The zero-order chi connectivity index (χ0) is 15.4. The molecule has 21 heavy (non-hydrogen) atoms. The van der Waals surface area contributed by atoms with E-state index in [-0.39, 0.29) is 37.8 Å². The maximum absolute atomic E-state index is 11.5. The zero-order valence-electron chi connectivity index (χ0n) is 12.4. The van der Waals surface area contributed by atoms with Gasteiger partial charge in [-0.15, -0.1) is 0 Å². The number of imide groups is 1. The fraction of sp³-hybridized carbons (Fsp3) is 0.500. The van der Waals surface area contributed by atoms with Crippen molar-refractivity contribution in [3.8, 4) is 5.75 Å². The van der Waals surface area contributed by atoms with Crippen molar-refractivity contribution in [2.24, 2.45) is 0 Å². The van der Waals surface area contributed by atoms with Crippen LogP contribution in [0.15, 0.2) is 24.3 Å². The molecule has 1 N–H and O–H groups in total. The molecule has 1 atom stereocenters. The first kappa shape index (κ1) is 15.5. The largest absolute Gasteiger partial charge is 0.491 e. The minimum atomic E-state index is -0.879. The van der Waals surface area contributed by atoms with Gasteiger partial charge in [-0.1, -0.05) is 32.0 Å². The molecule has 5 heteroatoms. The number of hydrogen-bond donors (Lipinski definition) is 1. The van der Waals surface area contributed by atoms with Crippen molar-refractivity contribution in [2.45, 2.75) is 38.7 Å². The first-order valence-corrected chi connectivity index (χ1v) is 7.22. The van der Waals surface area contributed by atoms with E-state index in [2.05, 4.69) is 13.8 Å². The number of carbonyl (C=O) groups is 2. The van der Waals surface area contributed by atoms with Gasteiger partial charge in [0.05, 0.1) is 6.54 Å². The van der Waals surface area contributed by atoms with Gasteiger partial charge in [0.25, 0.3) is 0 Å². The average Bonchev–Trinajstić information content (AvgIpc) is 2.77. The molecule has 0 aliphatic carbocycles. The van der Waals surface area contributed by atoms with Crippen LogP contribution in [0.4, 0.5) is 0 Å². The molecule has 0 bridgehead atoms.